The number of H-pyrrole nitrogens is 2. The highest BCUT2D eigenvalue weighted by Crippen LogP contribution is 2.28. The van der Waals surface area contributed by atoms with Gasteiger partial charge in [0.2, 0.25) is 5.82 Å². The highest BCUT2D eigenvalue weighted by Gasteiger charge is 2.14. The third kappa shape index (κ3) is 1.83. The molecule has 22 heavy (non-hydrogen) atoms. The highest BCUT2D eigenvalue weighted by atomic mass is 16.5. The van der Waals surface area contributed by atoms with E-state index in [1.54, 1.807) is 12.4 Å². The van der Waals surface area contributed by atoms with E-state index >= 15 is 0 Å². The third-order valence-corrected chi connectivity index (χ3v) is 3.50. The van der Waals surface area contributed by atoms with E-state index < -0.39 is 5.97 Å². The molecular weight excluding hydrogens is 282 g/mol. The first kappa shape index (κ1) is 12.5. The Hall–Kier alpha value is -3.22. The van der Waals surface area contributed by atoms with Crippen molar-refractivity contribution in [3.05, 3.63) is 42.5 Å². The monoisotopic (exact) mass is 293 g/mol. The predicted molar refractivity (Wildman–Crippen MR) is 80.3 cm³/mol. The van der Waals surface area contributed by atoms with E-state index in [9.17, 15) is 4.79 Å². The van der Waals surface area contributed by atoms with Crippen LogP contribution in [0.15, 0.2) is 36.7 Å². The maximum absolute atomic E-state index is 11.6. The maximum Gasteiger partial charge on any atom is 0.374 e. The summed E-state index contributed by atoms with van der Waals surface area (Å²) in [6.07, 6.45) is 3.44. The molecule has 0 bridgehead atoms. The number of ether oxygens (including phenoxy) is 1. The Bertz CT molecular complexity index is 987. The normalized spacial score (nSPS) is 11.1. The molecule has 7 heteroatoms. The van der Waals surface area contributed by atoms with Gasteiger partial charge in [0, 0.05) is 23.3 Å². The number of aromatic amines is 2. The van der Waals surface area contributed by atoms with Crippen LogP contribution in [0.4, 0.5) is 0 Å². The molecule has 0 unspecified atom stereocenters. The molecule has 0 saturated carbocycles. The van der Waals surface area contributed by atoms with Crippen LogP contribution in [-0.2, 0) is 4.74 Å². The van der Waals surface area contributed by atoms with E-state index in [0.29, 0.717) is 5.52 Å². The van der Waals surface area contributed by atoms with E-state index in [4.69, 9.17) is 0 Å². The summed E-state index contributed by atoms with van der Waals surface area (Å²) in [5.41, 5.74) is 4.08. The Morgan fingerprint density at radius 1 is 1.18 bits per heavy atom. The SMILES string of the molecule is COC(=O)c1nc2cc3c(-c4ccncc4)n[nH]c3cc2[nH]1. The van der Waals surface area contributed by atoms with Gasteiger partial charge >= 0.3 is 5.97 Å². The Labute approximate surface area is 124 Å². The van der Waals surface area contributed by atoms with Gasteiger partial charge in [-0.3, -0.25) is 10.1 Å². The molecule has 3 aromatic heterocycles. The van der Waals surface area contributed by atoms with Crippen LogP contribution in [0, 0.1) is 0 Å². The van der Waals surface area contributed by atoms with Crippen molar-refractivity contribution in [1.29, 1.82) is 0 Å². The zero-order chi connectivity index (χ0) is 15.1. The summed E-state index contributed by atoms with van der Waals surface area (Å²) in [7, 11) is 1.32. The summed E-state index contributed by atoms with van der Waals surface area (Å²) >= 11 is 0. The van der Waals surface area contributed by atoms with Crippen molar-refractivity contribution < 1.29 is 9.53 Å². The smallest absolute Gasteiger partial charge is 0.374 e. The molecule has 0 aliphatic rings. The topological polar surface area (TPSA) is 96.5 Å². The summed E-state index contributed by atoms with van der Waals surface area (Å²) < 4.78 is 4.68. The molecule has 7 nitrogen and oxygen atoms in total. The number of imidazole rings is 1. The van der Waals surface area contributed by atoms with Crippen molar-refractivity contribution in [1.82, 2.24) is 25.1 Å². The summed E-state index contributed by atoms with van der Waals surface area (Å²) in [5, 5.41) is 8.28. The lowest BCUT2D eigenvalue weighted by molar-refractivity contribution is 0.0588. The first-order chi connectivity index (χ1) is 10.8. The number of nitrogens with zero attached hydrogens (tertiary/aromatic N) is 3. The summed E-state index contributed by atoms with van der Waals surface area (Å²) in [5.74, 6) is -0.309. The number of nitrogens with one attached hydrogen (secondary N) is 2. The summed E-state index contributed by atoms with van der Waals surface area (Å²) in [4.78, 5) is 22.8. The fourth-order valence-corrected chi connectivity index (χ4v) is 2.44. The van der Waals surface area contributed by atoms with Crippen LogP contribution < -0.4 is 0 Å². The number of hydrogen-bond donors (Lipinski definition) is 2. The van der Waals surface area contributed by atoms with E-state index in [2.05, 4.69) is 29.9 Å². The van der Waals surface area contributed by atoms with Crippen LogP contribution in [-0.4, -0.2) is 38.2 Å². The number of hydrogen-bond acceptors (Lipinski definition) is 5. The van der Waals surface area contributed by atoms with Crippen molar-refractivity contribution in [2.75, 3.05) is 7.11 Å². The van der Waals surface area contributed by atoms with Crippen LogP contribution in [0.25, 0.3) is 33.2 Å². The Morgan fingerprint density at radius 3 is 2.77 bits per heavy atom. The van der Waals surface area contributed by atoms with Gasteiger partial charge in [-0.2, -0.15) is 5.10 Å². The largest absolute Gasteiger partial charge is 0.463 e. The lowest BCUT2D eigenvalue weighted by Crippen LogP contribution is -2.02. The van der Waals surface area contributed by atoms with Crippen LogP contribution in [0.2, 0.25) is 0 Å². The van der Waals surface area contributed by atoms with Crippen LogP contribution in [0.1, 0.15) is 10.6 Å². The predicted octanol–water partition coefficient (Wildman–Crippen LogP) is 2.29. The molecule has 0 spiro atoms. The minimum atomic E-state index is -0.493. The lowest BCUT2D eigenvalue weighted by atomic mass is 10.1. The van der Waals surface area contributed by atoms with E-state index in [1.165, 1.54) is 7.11 Å². The number of benzene rings is 1. The lowest BCUT2D eigenvalue weighted by Gasteiger charge is -1.96. The average molecular weight is 293 g/mol. The van der Waals surface area contributed by atoms with Gasteiger partial charge < -0.3 is 9.72 Å². The summed E-state index contributed by atoms with van der Waals surface area (Å²) in [6.45, 7) is 0. The Kier molecular flexibility index (Phi) is 2.65. The molecule has 1 aromatic carbocycles. The Morgan fingerprint density at radius 2 is 2.00 bits per heavy atom. The quantitative estimate of drug-likeness (QED) is 0.553. The summed E-state index contributed by atoms with van der Waals surface area (Å²) in [6, 6.07) is 7.56. The van der Waals surface area contributed by atoms with Crippen LogP contribution in [0.5, 0.6) is 0 Å². The number of pyridine rings is 1. The molecule has 0 aliphatic carbocycles. The number of esters is 1. The molecule has 0 amide bonds. The first-order valence-corrected chi connectivity index (χ1v) is 6.63. The molecule has 0 radical (unpaired) electrons. The second kappa shape index (κ2) is 4.66. The molecular formula is C15H11N5O2. The fraction of sp³-hybridized carbons (Fsp3) is 0.0667. The number of rotatable bonds is 2. The molecule has 0 saturated heterocycles. The zero-order valence-electron chi connectivity index (χ0n) is 11.6. The van der Waals surface area contributed by atoms with Gasteiger partial charge in [-0.1, -0.05) is 0 Å². The molecule has 2 N–H and O–H groups in total. The van der Waals surface area contributed by atoms with Gasteiger partial charge in [-0.05, 0) is 24.3 Å². The number of methoxy groups -OCH3 is 1. The van der Waals surface area contributed by atoms with Crippen molar-refractivity contribution in [3.63, 3.8) is 0 Å². The standard InChI is InChI=1S/C15H11N5O2/c1-22-15(21)14-17-11-6-9-10(7-12(11)18-14)19-20-13(9)8-2-4-16-5-3-8/h2-7H,1H3,(H,17,18)(H,19,20). The zero-order valence-corrected chi connectivity index (χ0v) is 11.6. The number of fused-ring (bicyclic) bond motifs is 2. The van der Waals surface area contributed by atoms with Gasteiger partial charge in [0.1, 0.15) is 5.69 Å². The Balaban J connectivity index is 1.93. The van der Waals surface area contributed by atoms with Crippen LogP contribution >= 0.6 is 0 Å². The van der Waals surface area contributed by atoms with E-state index in [-0.39, 0.29) is 5.82 Å². The maximum atomic E-state index is 11.6. The van der Waals surface area contributed by atoms with E-state index in [0.717, 1.165) is 27.7 Å². The van der Waals surface area contributed by atoms with Gasteiger partial charge in [-0.25, -0.2) is 9.78 Å². The second-order valence-electron chi connectivity index (χ2n) is 4.80. The highest BCUT2D eigenvalue weighted by molar-refractivity contribution is 6.01. The number of aromatic nitrogens is 5. The van der Waals surface area contributed by atoms with Crippen molar-refractivity contribution in [2.24, 2.45) is 0 Å². The van der Waals surface area contributed by atoms with Gasteiger partial charge in [0.15, 0.2) is 0 Å². The van der Waals surface area contributed by atoms with E-state index in [1.807, 2.05) is 24.3 Å². The minimum absolute atomic E-state index is 0.184. The molecule has 108 valence electrons. The fourth-order valence-electron chi connectivity index (χ4n) is 2.44. The van der Waals surface area contributed by atoms with Crippen molar-refractivity contribution in [2.45, 2.75) is 0 Å². The number of carbonyl (C=O) groups is 1. The molecule has 3 heterocycles. The third-order valence-electron chi connectivity index (χ3n) is 3.50. The average Bonchev–Trinajstić information content (AvgIpc) is 3.15. The minimum Gasteiger partial charge on any atom is -0.463 e. The molecule has 4 aromatic rings. The first-order valence-electron chi connectivity index (χ1n) is 6.63. The molecule has 0 aliphatic heterocycles. The van der Waals surface area contributed by atoms with Gasteiger partial charge in [-0.15, -0.1) is 0 Å². The molecule has 0 atom stereocenters. The molecule has 0 fully saturated rings. The van der Waals surface area contributed by atoms with Crippen molar-refractivity contribution in [3.8, 4) is 11.3 Å². The van der Waals surface area contributed by atoms with Crippen LogP contribution in [0.3, 0.4) is 0 Å². The van der Waals surface area contributed by atoms with Gasteiger partial charge in [0.05, 0.1) is 23.7 Å². The van der Waals surface area contributed by atoms with Crippen molar-refractivity contribution >= 4 is 27.9 Å². The second-order valence-corrected chi connectivity index (χ2v) is 4.80. The number of carbonyl (C=O) groups excluding carboxylic acids is 1. The molecule has 4 rings (SSSR count). The van der Waals surface area contributed by atoms with Gasteiger partial charge in [0.25, 0.3) is 0 Å².